The molecule has 0 aliphatic rings. The molecule has 0 spiro atoms. The number of aromatic nitrogens is 1. The maximum Gasteiger partial charge on any atom is 0.267 e. The van der Waals surface area contributed by atoms with Crippen LogP contribution in [0.3, 0.4) is 0 Å². The lowest BCUT2D eigenvalue weighted by molar-refractivity contribution is 0.0995. The summed E-state index contributed by atoms with van der Waals surface area (Å²) >= 11 is 0. The number of hydrogen-bond donors (Lipinski definition) is 3. The minimum atomic E-state index is -0.672. The molecule has 1 aromatic heterocycles. The first-order valence-electron chi connectivity index (χ1n) is 10.3. The fourth-order valence-electron chi connectivity index (χ4n) is 3.31. The number of rotatable bonds is 8. The molecule has 168 valence electrons. The van der Waals surface area contributed by atoms with Gasteiger partial charge in [0.2, 0.25) is 0 Å². The molecule has 0 saturated carbocycles. The second-order valence-corrected chi connectivity index (χ2v) is 8.02. The third kappa shape index (κ3) is 5.28. The van der Waals surface area contributed by atoms with Crippen LogP contribution in [0.4, 0.5) is 22.9 Å². The molecule has 9 heteroatoms. The van der Waals surface area contributed by atoms with E-state index in [1.807, 2.05) is 57.1 Å². The highest BCUT2D eigenvalue weighted by Gasteiger charge is 2.22. The van der Waals surface area contributed by atoms with Crippen LogP contribution in [0.25, 0.3) is 21.6 Å². The number of anilines is 3. The van der Waals surface area contributed by atoms with Gasteiger partial charge in [-0.3, -0.25) is 4.79 Å². The van der Waals surface area contributed by atoms with Crippen LogP contribution in [0, 0.1) is 11.3 Å². The Hall–Kier alpha value is -4.36. The van der Waals surface area contributed by atoms with Crippen molar-refractivity contribution in [2.45, 2.75) is 13.8 Å². The molecule has 0 saturated heterocycles. The number of amides is 1. The predicted molar refractivity (Wildman–Crippen MR) is 133 cm³/mol. The Bertz CT molecular complexity index is 1240. The molecule has 3 rings (SSSR count). The summed E-state index contributed by atoms with van der Waals surface area (Å²) in [6.45, 7) is 3.85. The van der Waals surface area contributed by atoms with Gasteiger partial charge < -0.3 is 21.4 Å². The monoisotopic (exact) mass is 442 g/mol. The van der Waals surface area contributed by atoms with Crippen molar-refractivity contribution in [2.75, 3.05) is 24.3 Å². The SMILES string of the molecule is CC(C)C(=N)c1c(-c2ccc(N=[N+]=[N-])cc2)cc(C(N)=O)nc1Nc1cccc(N(C)C)c1. The molecule has 0 bridgehead atoms. The molecule has 2 aromatic carbocycles. The van der Waals surface area contributed by atoms with E-state index in [1.54, 1.807) is 30.3 Å². The molecule has 0 radical (unpaired) electrons. The molecule has 0 aliphatic heterocycles. The third-order valence-electron chi connectivity index (χ3n) is 5.08. The van der Waals surface area contributed by atoms with Crippen LogP contribution in [0.5, 0.6) is 0 Å². The second kappa shape index (κ2) is 9.84. The molecule has 3 aromatic rings. The van der Waals surface area contributed by atoms with Crippen molar-refractivity contribution in [3.63, 3.8) is 0 Å². The summed E-state index contributed by atoms with van der Waals surface area (Å²) in [6, 6.07) is 16.2. The van der Waals surface area contributed by atoms with E-state index in [4.69, 9.17) is 16.7 Å². The normalized spacial score (nSPS) is 10.5. The van der Waals surface area contributed by atoms with Crippen LogP contribution < -0.4 is 16.0 Å². The first-order chi connectivity index (χ1) is 15.7. The zero-order valence-electron chi connectivity index (χ0n) is 19.0. The fraction of sp³-hybridized carbons (Fsp3) is 0.208. The largest absolute Gasteiger partial charge is 0.378 e. The van der Waals surface area contributed by atoms with Gasteiger partial charge in [0.25, 0.3) is 5.91 Å². The van der Waals surface area contributed by atoms with Gasteiger partial charge in [0, 0.05) is 47.3 Å². The summed E-state index contributed by atoms with van der Waals surface area (Å²) in [5, 5.41) is 15.7. The van der Waals surface area contributed by atoms with Crippen LogP contribution in [-0.2, 0) is 0 Å². The first kappa shape index (κ1) is 23.3. The summed E-state index contributed by atoms with van der Waals surface area (Å²) in [7, 11) is 3.89. The van der Waals surface area contributed by atoms with Gasteiger partial charge in [-0.2, -0.15) is 0 Å². The van der Waals surface area contributed by atoms with Gasteiger partial charge in [0.05, 0.1) is 0 Å². The number of primary amides is 1. The second-order valence-electron chi connectivity index (χ2n) is 8.02. The lowest BCUT2D eigenvalue weighted by Crippen LogP contribution is -2.18. The van der Waals surface area contributed by atoms with Gasteiger partial charge in [-0.1, -0.05) is 49.3 Å². The molecule has 1 amide bonds. The van der Waals surface area contributed by atoms with Crippen LogP contribution in [0.15, 0.2) is 59.7 Å². The quantitative estimate of drug-likeness (QED) is 0.180. The molecule has 0 aliphatic carbocycles. The van der Waals surface area contributed by atoms with Gasteiger partial charge in [-0.05, 0) is 46.8 Å². The molecule has 0 fully saturated rings. The first-order valence-corrected chi connectivity index (χ1v) is 10.3. The van der Waals surface area contributed by atoms with Crippen molar-refractivity contribution in [3.8, 4) is 11.1 Å². The highest BCUT2D eigenvalue weighted by Crippen LogP contribution is 2.34. The van der Waals surface area contributed by atoms with E-state index in [2.05, 4.69) is 20.3 Å². The molecule has 0 unspecified atom stereocenters. The van der Waals surface area contributed by atoms with Crippen LogP contribution in [-0.4, -0.2) is 30.7 Å². The maximum atomic E-state index is 12.1. The van der Waals surface area contributed by atoms with E-state index in [-0.39, 0.29) is 11.6 Å². The van der Waals surface area contributed by atoms with Crippen molar-refractivity contribution in [2.24, 2.45) is 16.8 Å². The van der Waals surface area contributed by atoms with Gasteiger partial charge in [0.1, 0.15) is 11.5 Å². The molecule has 9 nitrogen and oxygen atoms in total. The van der Waals surface area contributed by atoms with Crippen LogP contribution >= 0.6 is 0 Å². The Kier molecular flexibility index (Phi) is 6.95. The highest BCUT2D eigenvalue weighted by molar-refractivity contribution is 6.10. The van der Waals surface area contributed by atoms with E-state index < -0.39 is 5.91 Å². The number of nitrogens with two attached hydrogens (primary N) is 1. The van der Waals surface area contributed by atoms with Gasteiger partial charge in [0.15, 0.2) is 0 Å². The van der Waals surface area contributed by atoms with E-state index in [0.717, 1.165) is 16.9 Å². The van der Waals surface area contributed by atoms with Crippen molar-refractivity contribution in [3.05, 3.63) is 76.3 Å². The molecular formula is C24H26N8O. The molecular weight excluding hydrogens is 416 g/mol. The van der Waals surface area contributed by atoms with Crippen LogP contribution in [0.1, 0.15) is 29.9 Å². The highest BCUT2D eigenvalue weighted by atomic mass is 16.1. The number of nitrogens with one attached hydrogen (secondary N) is 2. The van der Waals surface area contributed by atoms with E-state index in [1.165, 1.54) is 0 Å². The summed E-state index contributed by atoms with van der Waals surface area (Å²) in [5.41, 5.74) is 18.9. The number of carbonyl (C=O) groups excluding carboxylic acids is 1. The zero-order chi connectivity index (χ0) is 24.1. The predicted octanol–water partition coefficient (Wildman–Crippen LogP) is 5.62. The van der Waals surface area contributed by atoms with Crippen LogP contribution in [0.2, 0.25) is 0 Å². The zero-order valence-corrected chi connectivity index (χ0v) is 19.0. The number of benzene rings is 2. The smallest absolute Gasteiger partial charge is 0.267 e. The van der Waals surface area contributed by atoms with Crippen molar-refractivity contribution >= 4 is 34.5 Å². The Morgan fingerprint density at radius 3 is 2.45 bits per heavy atom. The van der Waals surface area contributed by atoms with Gasteiger partial charge in [-0.15, -0.1) is 0 Å². The van der Waals surface area contributed by atoms with E-state index in [9.17, 15) is 4.79 Å². The number of pyridine rings is 1. The van der Waals surface area contributed by atoms with Crippen molar-refractivity contribution in [1.82, 2.24) is 4.98 Å². The van der Waals surface area contributed by atoms with E-state index >= 15 is 0 Å². The average Bonchev–Trinajstić information content (AvgIpc) is 2.79. The lowest BCUT2D eigenvalue weighted by atomic mass is 9.91. The fourth-order valence-corrected chi connectivity index (χ4v) is 3.31. The summed E-state index contributed by atoms with van der Waals surface area (Å²) in [6.07, 6.45) is 0. The molecule has 4 N–H and O–H groups in total. The molecule has 1 heterocycles. The minimum absolute atomic E-state index is 0.0793. The Balaban J connectivity index is 2.24. The average molecular weight is 443 g/mol. The maximum absolute atomic E-state index is 12.1. The van der Waals surface area contributed by atoms with Gasteiger partial charge >= 0.3 is 0 Å². The Labute approximate surface area is 192 Å². The van der Waals surface area contributed by atoms with Gasteiger partial charge in [-0.25, -0.2) is 4.98 Å². The Morgan fingerprint density at radius 1 is 1.18 bits per heavy atom. The van der Waals surface area contributed by atoms with Crippen molar-refractivity contribution in [1.29, 1.82) is 5.41 Å². The standard InChI is InChI=1S/C24H26N8O/c1-14(2)22(25)21-19(15-8-10-16(11-9-15)30-31-27)13-20(23(26)33)29-24(21)28-17-6-5-7-18(12-17)32(3)4/h5-14,25H,1-4H3,(H2,26,33)(H,28,29). The molecule has 33 heavy (non-hydrogen) atoms. The lowest BCUT2D eigenvalue weighted by Gasteiger charge is -2.20. The number of azide groups is 1. The number of carbonyl (C=O) groups is 1. The third-order valence-corrected chi connectivity index (χ3v) is 5.08. The Morgan fingerprint density at radius 2 is 1.88 bits per heavy atom. The molecule has 0 atom stereocenters. The number of nitrogens with zero attached hydrogens (tertiary/aromatic N) is 5. The number of hydrogen-bond acceptors (Lipinski definition) is 6. The minimum Gasteiger partial charge on any atom is -0.378 e. The summed E-state index contributed by atoms with van der Waals surface area (Å²) in [4.78, 5) is 21.4. The summed E-state index contributed by atoms with van der Waals surface area (Å²) < 4.78 is 0. The van der Waals surface area contributed by atoms with E-state index in [0.29, 0.717) is 28.3 Å². The summed E-state index contributed by atoms with van der Waals surface area (Å²) in [5.74, 6) is -0.397. The topological polar surface area (TPSA) is 144 Å². The van der Waals surface area contributed by atoms with Crippen molar-refractivity contribution < 1.29 is 4.79 Å².